The number of carbonyl (C=O) groups is 1. The van der Waals surface area contributed by atoms with Crippen molar-refractivity contribution in [1.29, 1.82) is 0 Å². The van der Waals surface area contributed by atoms with Crippen LogP contribution < -0.4 is 5.43 Å². The van der Waals surface area contributed by atoms with Crippen molar-refractivity contribution in [1.82, 2.24) is 15.4 Å². The fourth-order valence-corrected chi connectivity index (χ4v) is 2.37. The minimum Gasteiger partial charge on any atom is -0.278 e. The summed E-state index contributed by atoms with van der Waals surface area (Å²) in [5.74, 6) is -0.0738. The van der Waals surface area contributed by atoms with Gasteiger partial charge in [0.25, 0.3) is 0 Å². The predicted octanol–water partition coefficient (Wildman–Crippen LogP) is 4.76. The van der Waals surface area contributed by atoms with Gasteiger partial charge in [0.1, 0.15) is 0 Å². The maximum absolute atomic E-state index is 12.8. The molecule has 0 fully saturated rings. The van der Waals surface area contributed by atoms with Crippen LogP contribution in [-0.2, 0) is 11.0 Å². The van der Waals surface area contributed by atoms with Gasteiger partial charge in [0.05, 0.1) is 22.8 Å². The average molecular weight is 411 g/mol. The van der Waals surface area contributed by atoms with Crippen molar-refractivity contribution in [3.05, 3.63) is 71.0 Å². The molecule has 0 saturated heterocycles. The van der Waals surface area contributed by atoms with E-state index < -0.39 is 11.7 Å². The van der Waals surface area contributed by atoms with Crippen molar-refractivity contribution in [2.75, 3.05) is 6.54 Å². The molecule has 0 atom stereocenters. The van der Waals surface area contributed by atoms with Gasteiger partial charge in [0, 0.05) is 24.9 Å². The molecule has 9 heteroatoms. The summed E-state index contributed by atoms with van der Waals surface area (Å²) in [6, 6.07) is 5.94. The van der Waals surface area contributed by atoms with Crippen molar-refractivity contribution in [3.63, 3.8) is 0 Å². The van der Waals surface area contributed by atoms with E-state index in [4.69, 9.17) is 11.6 Å². The molecule has 5 nitrogen and oxygen atoms in total. The Hall–Kier alpha value is -2.87. The number of benzene rings is 1. The lowest BCUT2D eigenvalue weighted by Gasteiger charge is -2.23. The highest BCUT2D eigenvalue weighted by atomic mass is 35.5. The first-order valence-corrected chi connectivity index (χ1v) is 8.62. The summed E-state index contributed by atoms with van der Waals surface area (Å²) in [5.41, 5.74) is 2.82. The SMILES string of the molecule is C/C=C/CN(NC(=Nc1ccc(C(F)(F)F)cc1)c1ccncc1Cl)C(C)=O. The third-order valence-electron chi connectivity index (χ3n) is 3.61. The zero-order chi connectivity index (χ0) is 20.7. The lowest BCUT2D eigenvalue weighted by atomic mass is 10.2. The van der Waals surface area contributed by atoms with E-state index in [0.29, 0.717) is 5.56 Å². The fraction of sp³-hybridized carbons (Fsp3) is 0.211. The number of allylic oxidation sites excluding steroid dienone is 1. The monoisotopic (exact) mass is 410 g/mol. The van der Waals surface area contributed by atoms with Gasteiger partial charge in [-0.1, -0.05) is 23.8 Å². The average Bonchev–Trinajstić information content (AvgIpc) is 2.64. The topological polar surface area (TPSA) is 57.6 Å². The van der Waals surface area contributed by atoms with Crippen molar-refractivity contribution >= 4 is 29.0 Å². The lowest BCUT2D eigenvalue weighted by molar-refractivity contribution is -0.137. The molecule has 0 saturated carbocycles. The molecule has 148 valence electrons. The van der Waals surface area contributed by atoms with Gasteiger partial charge in [0.2, 0.25) is 5.91 Å². The van der Waals surface area contributed by atoms with E-state index in [1.807, 2.05) is 6.92 Å². The molecule has 0 unspecified atom stereocenters. The molecule has 0 radical (unpaired) electrons. The number of hydrogen-bond donors (Lipinski definition) is 1. The maximum Gasteiger partial charge on any atom is 0.416 e. The second-order valence-electron chi connectivity index (χ2n) is 5.67. The molecule has 2 aromatic rings. The Labute approximate surface area is 165 Å². The number of aliphatic imine (C=N–C) groups is 1. The van der Waals surface area contributed by atoms with Crippen LogP contribution in [0.15, 0.2) is 59.9 Å². The van der Waals surface area contributed by atoms with Crippen molar-refractivity contribution in [2.24, 2.45) is 4.99 Å². The molecular formula is C19H18ClF3N4O. The molecule has 28 heavy (non-hydrogen) atoms. The largest absolute Gasteiger partial charge is 0.416 e. The number of rotatable bonds is 4. The number of amides is 1. The van der Waals surface area contributed by atoms with Crippen molar-refractivity contribution in [3.8, 4) is 0 Å². The number of hydrazine groups is 1. The summed E-state index contributed by atoms with van der Waals surface area (Å²) in [5, 5.41) is 1.58. The Balaban J connectivity index is 2.44. The third-order valence-corrected chi connectivity index (χ3v) is 3.91. The summed E-state index contributed by atoms with van der Waals surface area (Å²) in [7, 11) is 0. The van der Waals surface area contributed by atoms with Crippen LogP contribution in [0.4, 0.5) is 18.9 Å². The van der Waals surface area contributed by atoms with Crippen LogP contribution in [0.3, 0.4) is 0 Å². The molecule has 0 aliphatic rings. The molecule has 1 aromatic heterocycles. The van der Waals surface area contributed by atoms with Crippen LogP contribution in [0.2, 0.25) is 5.02 Å². The quantitative estimate of drug-likeness (QED) is 0.342. The Morgan fingerprint density at radius 2 is 1.96 bits per heavy atom. The Bertz CT molecular complexity index is 879. The zero-order valence-corrected chi connectivity index (χ0v) is 15.9. The zero-order valence-electron chi connectivity index (χ0n) is 15.2. The molecule has 2 rings (SSSR count). The molecule has 0 spiro atoms. The van der Waals surface area contributed by atoms with E-state index >= 15 is 0 Å². The molecular weight excluding hydrogens is 393 g/mol. The van der Waals surface area contributed by atoms with Gasteiger partial charge in [-0.25, -0.2) is 4.99 Å². The van der Waals surface area contributed by atoms with Gasteiger partial charge in [-0.2, -0.15) is 13.2 Å². The van der Waals surface area contributed by atoms with E-state index in [0.717, 1.165) is 12.1 Å². The van der Waals surface area contributed by atoms with Crippen molar-refractivity contribution in [2.45, 2.75) is 20.0 Å². The fourth-order valence-electron chi connectivity index (χ4n) is 2.16. The van der Waals surface area contributed by atoms with Gasteiger partial charge in [-0.05, 0) is 37.3 Å². The Morgan fingerprint density at radius 3 is 2.50 bits per heavy atom. The van der Waals surface area contributed by atoms with Gasteiger partial charge >= 0.3 is 6.18 Å². The standard InChI is InChI=1S/C19H18ClF3N4O/c1-3-4-11-27(13(2)28)26-18(16-9-10-24-12-17(16)20)25-15-7-5-14(6-8-15)19(21,22)23/h3-10,12H,11H2,1-2H3,(H,25,26)/b4-3+. The number of hydrogen-bond acceptors (Lipinski definition) is 3. The minimum atomic E-state index is -4.43. The molecule has 1 N–H and O–H groups in total. The Kier molecular flexibility index (Phi) is 7.17. The maximum atomic E-state index is 12.8. The van der Waals surface area contributed by atoms with Crippen LogP contribution in [0, 0.1) is 0 Å². The number of pyridine rings is 1. The summed E-state index contributed by atoms with van der Waals surface area (Å²) < 4.78 is 38.3. The number of amidine groups is 1. The highest BCUT2D eigenvalue weighted by Crippen LogP contribution is 2.30. The number of alkyl halides is 3. The Morgan fingerprint density at radius 1 is 1.29 bits per heavy atom. The van der Waals surface area contributed by atoms with E-state index in [9.17, 15) is 18.0 Å². The van der Waals surface area contributed by atoms with Crippen LogP contribution in [-0.4, -0.2) is 28.3 Å². The first-order valence-electron chi connectivity index (χ1n) is 8.24. The van der Waals surface area contributed by atoms with Gasteiger partial charge < -0.3 is 0 Å². The first-order chi connectivity index (χ1) is 13.2. The number of carbonyl (C=O) groups excluding carboxylic acids is 1. The molecule has 1 heterocycles. The summed E-state index contributed by atoms with van der Waals surface area (Å²) >= 11 is 6.19. The summed E-state index contributed by atoms with van der Waals surface area (Å²) in [4.78, 5) is 20.2. The summed E-state index contributed by atoms with van der Waals surface area (Å²) in [6.45, 7) is 3.45. The second kappa shape index (κ2) is 9.36. The number of nitrogens with zero attached hydrogens (tertiary/aromatic N) is 3. The van der Waals surface area contributed by atoms with Gasteiger partial charge in [-0.15, -0.1) is 0 Å². The predicted molar refractivity (Wildman–Crippen MR) is 102 cm³/mol. The van der Waals surface area contributed by atoms with Gasteiger partial charge in [0.15, 0.2) is 5.84 Å². The second-order valence-corrected chi connectivity index (χ2v) is 6.08. The first kappa shape index (κ1) is 21.4. The van der Waals surface area contributed by atoms with Gasteiger partial charge in [-0.3, -0.25) is 20.2 Å². The minimum absolute atomic E-state index is 0.201. The normalized spacial score (nSPS) is 12.3. The highest BCUT2D eigenvalue weighted by Gasteiger charge is 2.30. The van der Waals surface area contributed by atoms with Crippen LogP contribution in [0.25, 0.3) is 0 Å². The van der Waals surface area contributed by atoms with Crippen LogP contribution in [0.5, 0.6) is 0 Å². The third kappa shape index (κ3) is 5.82. The smallest absolute Gasteiger partial charge is 0.278 e. The van der Waals surface area contributed by atoms with E-state index in [-0.39, 0.29) is 29.0 Å². The molecule has 1 aromatic carbocycles. The van der Waals surface area contributed by atoms with Crippen LogP contribution in [0.1, 0.15) is 25.0 Å². The molecule has 1 amide bonds. The van der Waals surface area contributed by atoms with Crippen molar-refractivity contribution < 1.29 is 18.0 Å². The van der Waals surface area contributed by atoms with E-state index in [1.54, 1.807) is 18.2 Å². The number of aromatic nitrogens is 1. The molecule has 0 aliphatic heterocycles. The van der Waals surface area contributed by atoms with E-state index in [2.05, 4.69) is 15.4 Å². The number of halogens is 4. The van der Waals surface area contributed by atoms with E-state index in [1.165, 1.54) is 36.5 Å². The number of nitrogens with one attached hydrogen (secondary N) is 1. The highest BCUT2D eigenvalue weighted by molar-refractivity contribution is 6.34. The van der Waals surface area contributed by atoms with Crippen LogP contribution >= 0.6 is 11.6 Å². The molecule has 0 aliphatic carbocycles. The molecule has 0 bridgehead atoms. The lowest BCUT2D eigenvalue weighted by Crippen LogP contribution is -2.45. The summed E-state index contributed by atoms with van der Waals surface area (Å²) in [6.07, 6.45) is 2.01.